The van der Waals surface area contributed by atoms with Gasteiger partial charge in [0.15, 0.2) is 5.60 Å². The van der Waals surface area contributed by atoms with Gasteiger partial charge in [0.25, 0.3) is 0 Å². The lowest BCUT2D eigenvalue weighted by Gasteiger charge is -2.33. The third-order valence-corrected chi connectivity index (χ3v) is 3.38. The molecule has 4 heteroatoms. The molecule has 2 aliphatic heterocycles. The highest BCUT2D eigenvalue weighted by molar-refractivity contribution is 5.72. The van der Waals surface area contributed by atoms with Crippen LogP contribution in [0.1, 0.15) is 25.7 Å². The maximum absolute atomic E-state index is 11.0. The fourth-order valence-corrected chi connectivity index (χ4v) is 2.59. The van der Waals surface area contributed by atoms with Crippen molar-refractivity contribution in [3.63, 3.8) is 0 Å². The van der Waals surface area contributed by atoms with Crippen LogP contribution in [0.5, 0.6) is 0 Å². The van der Waals surface area contributed by atoms with Gasteiger partial charge in [0.2, 0.25) is 0 Å². The van der Waals surface area contributed by atoms with Crippen molar-refractivity contribution in [2.75, 3.05) is 0 Å². The molecule has 1 spiro atoms. The van der Waals surface area contributed by atoms with Crippen molar-refractivity contribution in [2.24, 2.45) is 0 Å². The summed E-state index contributed by atoms with van der Waals surface area (Å²) in [7, 11) is 0. The highest BCUT2D eigenvalue weighted by Gasteiger charge is 2.65. The van der Waals surface area contributed by atoms with Gasteiger partial charge in [0.1, 0.15) is 6.10 Å². The number of hydrogen-bond acceptors (Lipinski definition) is 4. The monoisotopic (exact) mass is 184 g/mol. The summed E-state index contributed by atoms with van der Waals surface area (Å²) in [5.41, 5.74) is -0.681. The predicted molar refractivity (Wildman–Crippen MR) is 42.0 cm³/mol. The zero-order chi connectivity index (χ0) is 9.05. The van der Waals surface area contributed by atoms with Crippen LogP contribution in [0.2, 0.25) is 0 Å². The first-order valence-corrected chi connectivity index (χ1v) is 4.78. The fourth-order valence-electron chi connectivity index (χ4n) is 2.59. The Morgan fingerprint density at radius 1 is 1.46 bits per heavy atom. The first-order chi connectivity index (χ1) is 6.22. The molecule has 1 saturated carbocycles. The molecule has 1 aliphatic carbocycles. The summed E-state index contributed by atoms with van der Waals surface area (Å²) < 4.78 is 10.6. The Bertz CT molecular complexity index is 260. The Labute approximate surface area is 75.8 Å². The molecule has 0 aromatic rings. The number of epoxide rings is 1. The first kappa shape index (κ1) is 7.76. The molecule has 72 valence electrons. The average Bonchev–Trinajstić information content (AvgIpc) is 2.80. The van der Waals surface area contributed by atoms with Crippen molar-refractivity contribution in [1.82, 2.24) is 0 Å². The molecule has 4 unspecified atom stereocenters. The number of fused-ring (bicyclic) bond motifs is 2. The van der Waals surface area contributed by atoms with Crippen LogP contribution in [0.3, 0.4) is 0 Å². The van der Waals surface area contributed by atoms with Gasteiger partial charge in [0, 0.05) is 12.8 Å². The molecule has 0 amide bonds. The maximum atomic E-state index is 11.0. The van der Waals surface area contributed by atoms with E-state index in [0.717, 1.165) is 6.42 Å². The standard InChI is InChI=1S/C9H12O4/c10-6-2-1-5-8(12-5)9(6)4-3-7(11)13-9/h5-6,8,10H,1-4H2. The van der Waals surface area contributed by atoms with E-state index in [2.05, 4.69) is 0 Å². The number of aliphatic hydroxyl groups excluding tert-OH is 1. The Morgan fingerprint density at radius 2 is 2.31 bits per heavy atom. The molecule has 3 rings (SSSR count). The van der Waals surface area contributed by atoms with E-state index in [1.807, 2.05) is 0 Å². The van der Waals surface area contributed by atoms with Gasteiger partial charge in [0.05, 0.1) is 12.2 Å². The van der Waals surface area contributed by atoms with Crippen molar-refractivity contribution < 1.29 is 19.4 Å². The maximum Gasteiger partial charge on any atom is 0.306 e. The predicted octanol–water partition coefficient (Wildman–Crippen LogP) is -0.0157. The summed E-state index contributed by atoms with van der Waals surface area (Å²) in [5.74, 6) is -0.199. The number of aliphatic hydroxyl groups is 1. The summed E-state index contributed by atoms with van der Waals surface area (Å²) in [6.45, 7) is 0. The van der Waals surface area contributed by atoms with E-state index in [9.17, 15) is 9.90 Å². The Balaban J connectivity index is 1.90. The van der Waals surface area contributed by atoms with E-state index in [1.165, 1.54) is 0 Å². The molecule has 2 saturated heterocycles. The van der Waals surface area contributed by atoms with Crippen LogP contribution in [-0.2, 0) is 14.3 Å². The van der Waals surface area contributed by atoms with E-state index < -0.39 is 11.7 Å². The van der Waals surface area contributed by atoms with Crippen LogP contribution in [0.25, 0.3) is 0 Å². The topological polar surface area (TPSA) is 59.1 Å². The molecule has 1 N–H and O–H groups in total. The molecule has 0 radical (unpaired) electrons. The number of esters is 1. The van der Waals surface area contributed by atoms with Crippen LogP contribution < -0.4 is 0 Å². The molecular formula is C9H12O4. The van der Waals surface area contributed by atoms with Gasteiger partial charge >= 0.3 is 5.97 Å². The summed E-state index contributed by atoms with van der Waals surface area (Å²) in [6, 6.07) is 0. The Morgan fingerprint density at radius 3 is 3.00 bits per heavy atom. The van der Waals surface area contributed by atoms with Gasteiger partial charge in [-0.15, -0.1) is 0 Å². The number of carbonyl (C=O) groups excluding carboxylic acids is 1. The third kappa shape index (κ3) is 0.901. The molecule has 4 nitrogen and oxygen atoms in total. The van der Waals surface area contributed by atoms with Crippen molar-refractivity contribution in [2.45, 2.75) is 49.6 Å². The van der Waals surface area contributed by atoms with Crippen LogP contribution in [-0.4, -0.2) is 35.0 Å². The third-order valence-electron chi connectivity index (χ3n) is 3.38. The minimum absolute atomic E-state index is 0.0253. The van der Waals surface area contributed by atoms with E-state index in [-0.39, 0.29) is 18.2 Å². The minimum Gasteiger partial charge on any atom is -0.453 e. The lowest BCUT2D eigenvalue weighted by atomic mass is 9.80. The number of hydrogen-bond donors (Lipinski definition) is 1. The summed E-state index contributed by atoms with van der Waals surface area (Å²) in [6.07, 6.45) is 2.30. The van der Waals surface area contributed by atoms with Crippen LogP contribution in [0.15, 0.2) is 0 Å². The first-order valence-electron chi connectivity index (χ1n) is 4.78. The molecule has 2 heterocycles. The van der Waals surface area contributed by atoms with E-state index in [0.29, 0.717) is 19.3 Å². The van der Waals surface area contributed by atoms with Gasteiger partial charge in [-0.1, -0.05) is 0 Å². The zero-order valence-electron chi connectivity index (χ0n) is 7.23. The van der Waals surface area contributed by atoms with Gasteiger partial charge in [-0.3, -0.25) is 4.79 Å². The normalized spacial score (nSPS) is 53.3. The second-order valence-corrected chi connectivity index (χ2v) is 4.12. The number of carbonyl (C=O) groups is 1. The SMILES string of the molecule is O=C1CCC2(O1)C(O)CCC1OC12. The van der Waals surface area contributed by atoms with Gasteiger partial charge in [-0.2, -0.15) is 0 Å². The van der Waals surface area contributed by atoms with Crippen LogP contribution >= 0.6 is 0 Å². The lowest BCUT2D eigenvalue weighted by molar-refractivity contribution is -0.163. The summed E-state index contributed by atoms with van der Waals surface area (Å²) >= 11 is 0. The number of rotatable bonds is 0. The average molecular weight is 184 g/mol. The van der Waals surface area contributed by atoms with E-state index in [1.54, 1.807) is 0 Å². The number of ether oxygens (including phenoxy) is 2. The second-order valence-electron chi connectivity index (χ2n) is 4.12. The largest absolute Gasteiger partial charge is 0.453 e. The molecule has 4 atom stereocenters. The van der Waals surface area contributed by atoms with Crippen molar-refractivity contribution in [3.8, 4) is 0 Å². The van der Waals surface area contributed by atoms with Crippen molar-refractivity contribution in [1.29, 1.82) is 0 Å². The van der Waals surface area contributed by atoms with E-state index in [4.69, 9.17) is 9.47 Å². The van der Waals surface area contributed by atoms with Gasteiger partial charge in [-0.25, -0.2) is 0 Å². The smallest absolute Gasteiger partial charge is 0.306 e. The Kier molecular flexibility index (Phi) is 1.34. The van der Waals surface area contributed by atoms with Crippen LogP contribution in [0.4, 0.5) is 0 Å². The molecule has 0 aromatic carbocycles. The zero-order valence-corrected chi connectivity index (χ0v) is 7.23. The molecule has 0 aromatic heterocycles. The molecule has 0 bridgehead atoms. The molecule has 3 aliphatic rings. The second kappa shape index (κ2) is 2.25. The molecule has 13 heavy (non-hydrogen) atoms. The van der Waals surface area contributed by atoms with Crippen molar-refractivity contribution in [3.05, 3.63) is 0 Å². The minimum atomic E-state index is -0.681. The van der Waals surface area contributed by atoms with Crippen molar-refractivity contribution >= 4 is 5.97 Å². The highest BCUT2D eigenvalue weighted by Crippen LogP contribution is 2.50. The summed E-state index contributed by atoms with van der Waals surface area (Å²) in [4.78, 5) is 11.0. The highest BCUT2D eigenvalue weighted by atomic mass is 16.6. The molecule has 3 fully saturated rings. The lowest BCUT2D eigenvalue weighted by Crippen LogP contribution is -2.50. The van der Waals surface area contributed by atoms with E-state index >= 15 is 0 Å². The quantitative estimate of drug-likeness (QED) is 0.424. The fraction of sp³-hybridized carbons (Fsp3) is 0.889. The van der Waals surface area contributed by atoms with Gasteiger partial charge < -0.3 is 14.6 Å². The Hall–Kier alpha value is -0.610. The van der Waals surface area contributed by atoms with Crippen LogP contribution in [0, 0.1) is 0 Å². The summed E-state index contributed by atoms with van der Waals surface area (Å²) in [5, 5.41) is 9.82. The van der Waals surface area contributed by atoms with Gasteiger partial charge in [-0.05, 0) is 12.8 Å². The molecular weight excluding hydrogens is 172 g/mol.